The van der Waals surface area contributed by atoms with Crippen molar-refractivity contribution >= 4 is 5.97 Å². The molecule has 0 aromatic heterocycles. The molecule has 0 N–H and O–H groups in total. The summed E-state index contributed by atoms with van der Waals surface area (Å²) in [5.74, 6) is 0.348. The smallest absolute Gasteiger partial charge is 0.311 e. The predicted molar refractivity (Wildman–Crippen MR) is 112 cm³/mol. The summed E-state index contributed by atoms with van der Waals surface area (Å²) < 4.78 is 5.45. The Bertz CT molecular complexity index is 802. The van der Waals surface area contributed by atoms with E-state index in [4.69, 9.17) is 4.74 Å². The van der Waals surface area contributed by atoms with E-state index < -0.39 is 5.41 Å². The molecule has 148 valence electrons. The molecule has 2 bridgehead atoms. The molecule has 0 saturated heterocycles. The van der Waals surface area contributed by atoms with E-state index in [0.29, 0.717) is 18.6 Å². The highest BCUT2D eigenvalue weighted by molar-refractivity contribution is 5.75. The van der Waals surface area contributed by atoms with E-state index in [9.17, 15) is 4.79 Å². The van der Waals surface area contributed by atoms with Gasteiger partial charge in [0.25, 0.3) is 0 Å². The van der Waals surface area contributed by atoms with E-state index in [1.54, 1.807) is 0 Å². The van der Waals surface area contributed by atoms with Crippen LogP contribution in [0.5, 0.6) is 0 Å². The number of benzene rings is 2. The van der Waals surface area contributed by atoms with E-state index >= 15 is 0 Å². The number of carbonyl (C=O) groups is 1. The summed E-state index contributed by atoms with van der Waals surface area (Å²) in [7, 11) is 0. The lowest BCUT2D eigenvalue weighted by Crippen LogP contribution is -2.46. The summed E-state index contributed by atoms with van der Waals surface area (Å²) >= 11 is 0. The van der Waals surface area contributed by atoms with E-state index in [-0.39, 0.29) is 5.97 Å². The molecule has 0 amide bonds. The minimum absolute atomic E-state index is 0.103. The third-order valence-corrected chi connectivity index (χ3v) is 6.12. The second-order valence-corrected chi connectivity index (χ2v) is 9.23. The highest BCUT2D eigenvalue weighted by Crippen LogP contribution is 2.45. The van der Waals surface area contributed by atoms with Crippen LogP contribution in [0.4, 0.5) is 0 Å². The molecule has 3 nitrogen and oxygen atoms in total. The van der Waals surface area contributed by atoms with E-state index in [1.807, 2.05) is 20.8 Å². The molecular weight excluding hydrogens is 346 g/mol. The molecule has 2 aliphatic heterocycles. The van der Waals surface area contributed by atoms with Gasteiger partial charge < -0.3 is 4.74 Å². The van der Waals surface area contributed by atoms with Crippen molar-refractivity contribution in [3.8, 4) is 0 Å². The molecule has 2 aromatic carbocycles. The molecule has 0 saturated carbocycles. The predicted octanol–water partition coefficient (Wildman–Crippen LogP) is 5.28. The summed E-state index contributed by atoms with van der Waals surface area (Å²) in [5.41, 5.74) is 5.51. The van der Waals surface area contributed by atoms with Gasteiger partial charge in [0.1, 0.15) is 0 Å². The summed E-state index contributed by atoms with van der Waals surface area (Å²) in [6, 6.07) is 18.4. The molecule has 0 fully saturated rings. The van der Waals surface area contributed by atoms with Crippen LogP contribution in [0, 0.1) is 5.41 Å². The molecular formula is C25H31NO2. The molecule has 0 spiro atoms. The van der Waals surface area contributed by atoms with Crippen molar-refractivity contribution in [1.82, 2.24) is 4.90 Å². The topological polar surface area (TPSA) is 29.5 Å². The number of nitrogens with zero attached hydrogens (tertiary/aromatic N) is 1. The van der Waals surface area contributed by atoms with Gasteiger partial charge in [0.15, 0.2) is 0 Å². The van der Waals surface area contributed by atoms with Crippen molar-refractivity contribution in [2.24, 2.45) is 5.41 Å². The Kier molecular flexibility index (Phi) is 5.29. The summed E-state index contributed by atoms with van der Waals surface area (Å²) in [6.45, 7) is 8.30. The second-order valence-electron chi connectivity index (χ2n) is 9.23. The lowest BCUT2D eigenvalue weighted by Gasteiger charge is -2.47. The molecule has 0 radical (unpaired) electrons. The van der Waals surface area contributed by atoms with Gasteiger partial charge in [-0.1, -0.05) is 48.5 Å². The van der Waals surface area contributed by atoms with Crippen LogP contribution in [0.25, 0.3) is 0 Å². The zero-order valence-corrected chi connectivity index (χ0v) is 17.3. The number of hydrogen-bond donors (Lipinski definition) is 0. The Hall–Kier alpha value is -2.13. The van der Waals surface area contributed by atoms with Crippen LogP contribution in [0.3, 0.4) is 0 Å². The number of unbranched alkanes of at least 4 members (excludes halogenated alkanes) is 1. The fraction of sp³-hybridized carbons (Fsp3) is 0.480. The Morgan fingerprint density at radius 3 is 2.11 bits per heavy atom. The van der Waals surface area contributed by atoms with Crippen molar-refractivity contribution in [2.75, 3.05) is 6.61 Å². The maximum absolute atomic E-state index is 11.9. The first kappa shape index (κ1) is 19.2. The third kappa shape index (κ3) is 3.73. The lowest BCUT2D eigenvalue weighted by atomic mass is 9.73. The number of rotatable bonds is 5. The van der Waals surface area contributed by atoms with Crippen molar-refractivity contribution in [1.29, 1.82) is 0 Å². The zero-order chi connectivity index (χ0) is 19.7. The Morgan fingerprint density at radius 2 is 1.54 bits per heavy atom. The number of carbonyl (C=O) groups excluding carboxylic acids is 1. The molecule has 2 aromatic rings. The highest BCUT2D eigenvalue weighted by atomic mass is 16.5. The normalized spacial score (nSPS) is 22.9. The fourth-order valence-corrected chi connectivity index (χ4v) is 4.67. The summed E-state index contributed by atoms with van der Waals surface area (Å²) in [4.78, 5) is 14.6. The lowest BCUT2D eigenvalue weighted by molar-refractivity contribution is -0.153. The first-order valence-electron chi connectivity index (χ1n) is 10.5. The van der Waals surface area contributed by atoms with Crippen LogP contribution in [-0.4, -0.2) is 23.5 Å². The van der Waals surface area contributed by atoms with Gasteiger partial charge >= 0.3 is 5.97 Å². The maximum Gasteiger partial charge on any atom is 0.311 e. The van der Waals surface area contributed by atoms with Crippen LogP contribution >= 0.6 is 0 Å². The van der Waals surface area contributed by atoms with Crippen molar-refractivity contribution in [3.05, 3.63) is 70.8 Å². The Morgan fingerprint density at radius 1 is 0.964 bits per heavy atom. The number of ether oxygens (including phenoxy) is 1. The molecule has 0 aliphatic carbocycles. The largest absolute Gasteiger partial charge is 0.465 e. The van der Waals surface area contributed by atoms with Crippen LogP contribution in [-0.2, 0) is 22.6 Å². The average Bonchev–Trinajstić information content (AvgIpc) is 2.66. The van der Waals surface area contributed by atoms with Crippen LogP contribution in [0.2, 0.25) is 0 Å². The monoisotopic (exact) mass is 377 g/mol. The quantitative estimate of drug-likeness (QED) is 0.525. The minimum Gasteiger partial charge on any atom is -0.465 e. The molecule has 4 rings (SSSR count). The summed E-state index contributed by atoms with van der Waals surface area (Å²) in [5, 5.41) is 0. The molecule has 28 heavy (non-hydrogen) atoms. The van der Waals surface area contributed by atoms with Crippen LogP contribution < -0.4 is 0 Å². The maximum atomic E-state index is 11.9. The zero-order valence-electron chi connectivity index (χ0n) is 17.3. The molecule has 2 heterocycles. The van der Waals surface area contributed by atoms with E-state index in [1.165, 1.54) is 22.3 Å². The van der Waals surface area contributed by atoms with Gasteiger partial charge in [0.2, 0.25) is 0 Å². The van der Waals surface area contributed by atoms with Gasteiger partial charge in [-0.05, 0) is 62.3 Å². The average molecular weight is 378 g/mol. The molecule has 3 heteroatoms. The minimum atomic E-state index is -0.417. The highest BCUT2D eigenvalue weighted by Gasteiger charge is 2.39. The van der Waals surface area contributed by atoms with Crippen LogP contribution in [0.1, 0.15) is 68.2 Å². The van der Waals surface area contributed by atoms with Gasteiger partial charge in [0, 0.05) is 25.0 Å². The van der Waals surface area contributed by atoms with Gasteiger partial charge in [-0.25, -0.2) is 0 Å². The number of fused-ring (bicyclic) bond motifs is 6. The number of esters is 1. The second kappa shape index (κ2) is 7.71. The van der Waals surface area contributed by atoms with Crippen molar-refractivity contribution < 1.29 is 9.53 Å². The molecule has 2 aliphatic rings. The first-order valence-corrected chi connectivity index (χ1v) is 10.5. The standard InChI is InChI=1S/C25H31NO2/c1-25(2,3)24(27)28-15-9-8-14-22-23-20-12-6-4-10-18(20)16-26(22)17-19-11-5-7-13-21(19)23/h4-7,10-13,22-23H,8-9,14-17H2,1-3H3/t22-/m0/s1. The first-order chi connectivity index (χ1) is 13.4. The van der Waals surface area contributed by atoms with Gasteiger partial charge in [-0.2, -0.15) is 0 Å². The van der Waals surface area contributed by atoms with Gasteiger partial charge in [-0.3, -0.25) is 9.69 Å². The van der Waals surface area contributed by atoms with E-state index in [2.05, 4.69) is 53.4 Å². The Labute approximate surface area is 168 Å². The van der Waals surface area contributed by atoms with E-state index in [0.717, 1.165) is 32.4 Å². The SMILES string of the molecule is CC(C)(C)C(=O)OCCCC[C@H]1C2c3ccccc3CN1Cc1ccccc12. The van der Waals surface area contributed by atoms with Crippen molar-refractivity contribution in [3.63, 3.8) is 0 Å². The van der Waals surface area contributed by atoms with Crippen molar-refractivity contribution in [2.45, 2.75) is 65.1 Å². The van der Waals surface area contributed by atoms with Gasteiger partial charge in [0.05, 0.1) is 12.0 Å². The molecule has 0 unspecified atom stereocenters. The number of hydrogen-bond acceptors (Lipinski definition) is 3. The summed E-state index contributed by atoms with van der Waals surface area (Å²) in [6.07, 6.45) is 3.15. The molecule has 1 atom stereocenters. The van der Waals surface area contributed by atoms with Gasteiger partial charge in [-0.15, -0.1) is 0 Å². The Balaban J connectivity index is 1.46. The van der Waals surface area contributed by atoms with Crippen LogP contribution in [0.15, 0.2) is 48.5 Å². The third-order valence-electron chi connectivity index (χ3n) is 6.12. The fourth-order valence-electron chi connectivity index (χ4n) is 4.67.